The maximum Gasteiger partial charge on any atom is 0.266 e. The number of hydrogen-bond acceptors (Lipinski definition) is 3. The lowest BCUT2D eigenvalue weighted by molar-refractivity contribution is 0.858. The molecule has 0 atom stereocenters. The summed E-state index contributed by atoms with van der Waals surface area (Å²) in [5.74, 6) is 0.720. The molecule has 1 aliphatic rings. The Balaban J connectivity index is 2.40. The van der Waals surface area contributed by atoms with Crippen LogP contribution in [0.5, 0.6) is 0 Å². The average molecular weight is 272 g/mol. The summed E-state index contributed by atoms with van der Waals surface area (Å²) in [4.78, 5) is 21.0. The summed E-state index contributed by atoms with van der Waals surface area (Å²) < 4.78 is 0.563. The first-order chi connectivity index (χ1) is 7.22. The summed E-state index contributed by atoms with van der Waals surface area (Å²) in [6.45, 7) is 3.99. The van der Waals surface area contributed by atoms with Gasteiger partial charge in [0.2, 0.25) is 5.95 Å². The van der Waals surface area contributed by atoms with Crippen molar-refractivity contribution < 1.29 is 0 Å². The summed E-state index contributed by atoms with van der Waals surface area (Å²) in [6.07, 6.45) is 3.13. The second kappa shape index (κ2) is 4.35. The van der Waals surface area contributed by atoms with Crippen LogP contribution in [0.1, 0.15) is 25.5 Å². The highest BCUT2D eigenvalue weighted by atomic mass is 79.9. The molecule has 2 rings (SSSR count). The normalized spacial score (nSPS) is 16.0. The van der Waals surface area contributed by atoms with E-state index < -0.39 is 0 Å². The van der Waals surface area contributed by atoms with E-state index in [1.54, 1.807) is 0 Å². The van der Waals surface area contributed by atoms with Crippen LogP contribution in [-0.4, -0.2) is 23.1 Å². The van der Waals surface area contributed by atoms with E-state index >= 15 is 0 Å². The largest absolute Gasteiger partial charge is 0.342 e. The van der Waals surface area contributed by atoms with Crippen molar-refractivity contribution in [3.63, 3.8) is 0 Å². The van der Waals surface area contributed by atoms with Crippen LogP contribution in [0.2, 0.25) is 0 Å². The van der Waals surface area contributed by atoms with Gasteiger partial charge in [-0.1, -0.05) is 6.92 Å². The Hall–Kier alpha value is -0.840. The fraction of sp³-hybridized carbons (Fsp3) is 0.600. The van der Waals surface area contributed by atoms with Gasteiger partial charge in [0.15, 0.2) is 0 Å². The van der Waals surface area contributed by atoms with Gasteiger partial charge in [-0.15, -0.1) is 0 Å². The topological polar surface area (TPSA) is 49.0 Å². The highest BCUT2D eigenvalue weighted by Crippen LogP contribution is 2.17. The molecule has 4 nitrogen and oxygen atoms in total. The molecule has 0 radical (unpaired) electrons. The fourth-order valence-electron chi connectivity index (χ4n) is 1.81. The summed E-state index contributed by atoms with van der Waals surface area (Å²) in [7, 11) is 0. The number of aromatic nitrogens is 2. The first-order valence-corrected chi connectivity index (χ1v) is 6.05. The van der Waals surface area contributed by atoms with Gasteiger partial charge in [-0.05, 0) is 35.2 Å². The third kappa shape index (κ3) is 2.07. The highest BCUT2D eigenvalue weighted by Gasteiger charge is 2.16. The van der Waals surface area contributed by atoms with E-state index in [0.29, 0.717) is 4.47 Å². The van der Waals surface area contributed by atoms with Crippen LogP contribution < -0.4 is 10.5 Å². The van der Waals surface area contributed by atoms with Crippen LogP contribution in [0.25, 0.3) is 0 Å². The molecule has 1 fully saturated rings. The molecule has 5 heteroatoms. The standard InChI is InChI=1S/C10H14BrN3O/c1-2-7-8(11)9(15)13-10(12-7)14-5-3-4-6-14/h2-6H2,1H3,(H,12,13,15). The molecule has 1 N–H and O–H groups in total. The Kier molecular flexibility index (Phi) is 3.09. The van der Waals surface area contributed by atoms with Gasteiger partial charge < -0.3 is 4.90 Å². The zero-order valence-electron chi connectivity index (χ0n) is 8.72. The van der Waals surface area contributed by atoms with E-state index in [2.05, 4.69) is 30.8 Å². The van der Waals surface area contributed by atoms with E-state index in [-0.39, 0.29) is 5.56 Å². The van der Waals surface area contributed by atoms with Gasteiger partial charge in [-0.2, -0.15) is 0 Å². The van der Waals surface area contributed by atoms with Crippen LogP contribution in [0.4, 0.5) is 5.95 Å². The quantitative estimate of drug-likeness (QED) is 0.891. The van der Waals surface area contributed by atoms with Crippen LogP contribution in [0, 0.1) is 0 Å². The molecule has 0 spiro atoms. The summed E-state index contributed by atoms with van der Waals surface area (Å²) in [5.41, 5.74) is 0.754. The highest BCUT2D eigenvalue weighted by molar-refractivity contribution is 9.10. The summed E-state index contributed by atoms with van der Waals surface area (Å²) >= 11 is 3.26. The maximum atomic E-state index is 11.6. The van der Waals surface area contributed by atoms with Gasteiger partial charge >= 0.3 is 0 Å². The van der Waals surface area contributed by atoms with Crippen molar-refractivity contribution >= 4 is 21.9 Å². The molecule has 82 valence electrons. The zero-order valence-corrected chi connectivity index (χ0v) is 10.3. The lowest BCUT2D eigenvalue weighted by Crippen LogP contribution is -2.25. The van der Waals surface area contributed by atoms with E-state index in [9.17, 15) is 4.79 Å². The minimum absolute atomic E-state index is 0.0799. The lowest BCUT2D eigenvalue weighted by atomic mass is 10.3. The Morgan fingerprint density at radius 2 is 2.13 bits per heavy atom. The van der Waals surface area contributed by atoms with Gasteiger partial charge in [0, 0.05) is 13.1 Å². The number of aryl methyl sites for hydroxylation is 1. The molecule has 0 amide bonds. The number of anilines is 1. The van der Waals surface area contributed by atoms with Crippen LogP contribution in [0.15, 0.2) is 9.27 Å². The van der Waals surface area contributed by atoms with Gasteiger partial charge in [0.1, 0.15) is 4.47 Å². The molecular formula is C10H14BrN3O. The molecule has 0 saturated carbocycles. The predicted molar refractivity (Wildman–Crippen MR) is 63.4 cm³/mol. The minimum atomic E-state index is -0.0799. The van der Waals surface area contributed by atoms with Crippen LogP contribution in [-0.2, 0) is 6.42 Å². The van der Waals surface area contributed by atoms with Crippen molar-refractivity contribution in [3.8, 4) is 0 Å². The number of H-pyrrole nitrogens is 1. The van der Waals surface area contributed by atoms with Crippen molar-refractivity contribution in [1.29, 1.82) is 0 Å². The van der Waals surface area contributed by atoms with Gasteiger partial charge in [-0.25, -0.2) is 4.98 Å². The van der Waals surface area contributed by atoms with Gasteiger partial charge in [-0.3, -0.25) is 9.78 Å². The monoisotopic (exact) mass is 271 g/mol. The molecule has 2 heterocycles. The van der Waals surface area contributed by atoms with E-state index in [4.69, 9.17) is 0 Å². The van der Waals surface area contributed by atoms with Gasteiger partial charge in [0.25, 0.3) is 5.56 Å². The molecule has 1 saturated heterocycles. The smallest absolute Gasteiger partial charge is 0.266 e. The predicted octanol–water partition coefficient (Wildman–Crippen LogP) is 1.70. The Morgan fingerprint density at radius 1 is 1.47 bits per heavy atom. The van der Waals surface area contributed by atoms with E-state index in [0.717, 1.165) is 31.2 Å². The van der Waals surface area contributed by atoms with Crippen molar-refractivity contribution in [2.75, 3.05) is 18.0 Å². The molecule has 0 unspecified atom stereocenters. The summed E-state index contributed by atoms with van der Waals surface area (Å²) in [6, 6.07) is 0. The number of nitrogens with one attached hydrogen (secondary N) is 1. The Morgan fingerprint density at radius 3 is 2.73 bits per heavy atom. The SMILES string of the molecule is CCc1nc(N2CCCC2)[nH]c(=O)c1Br. The second-order valence-electron chi connectivity index (χ2n) is 3.70. The van der Waals surface area contributed by atoms with Gasteiger partial charge in [0.05, 0.1) is 5.69 Å². The molecule has 0 aliphatic carbocycles. The van der Waals surface area contributed by atoms with Crippen LogP contribution in [0.3, 0.4) is 0 Å². The van der Waals surface area contributed by atoms with Crippen LogP contribution >= 0.6 is 15.9 Å². The number of halogens is 1. The molecule has 1 aromatic heterocycles. The molecule has 0 bridgehead atoms. The average Bonchev–Trinajstić information content (AvgIpc) is 2.75. The second-order valence-corrected chi connectivity index (χ2v) is 4.49. The third-order valence-electron chi connectivity index (χ3n) is 2.66. The lowest BCUT2D eigenvalue weighted by Gasteiger charge is -2.16. The Labute approximate surface area is 96.8 Å². The van der Waals surface area contributed by atoms with Crippen molar-refractivity contribution in [3.05, 3.63) is 20.5 Å². The number of hydrogen-bond donors (Lipinski definition) is 1. The maximum absolute atomic E-state index is 11.6. The van der Waals surface area contributed by atoms with Crippen molar-refractivity contribution in [2.24, 2.45) is 0 Å². The molecule has 1 aliphatic heterocycles. The summed E-state index contributed by atoms with van der Waals surface area (Å²) in [5, 5.41) is 0. The van der Waals surface area contributed by atoms with Crippen molar-refractivity contribution in [1.82, 2.24) is 9.97 Å². The molecular weight excluding hydrogens is 258 g/mol. The van der Waals surface area contributed by atoms with E-state index in [1.165, 1.54) is 12.8 Å². The number of nitrogens with zero attached hydrogens (tertiary/aromatic N) is 2. The zero-order chi connectivity index (χ0) is 10.8. The number of aromatic amines is 1. The Bertz CT molecular complexity index is 410. The third-order valence-corrected chi connectivity index (χ3v) is 3.48. The van der Waals surface area contributed by atoms with Crippen molar-refractivity contribution in [2.45, 2.75) is 26.2 Å². The fourth-order valence-corrected chi connectivity index (χ4v) is 2.27. The van der Waals surface area contributed by atoms with E-state index in [1.807, 2.05) is 6.92 Å². The first-order valence-electron chi connectivity index (χ1n) is 5.26. The number of rotatable bonds is 2. The molecule has 15 heavy (non-hydrogen) atoms. The molecule has 1 aromatic rings. The molecule has 0 aromatic carbocycles. The minimum Gasteiger partial charge on any atom is -0.342 e. The first kappa shape index (κ1) is 10.7.